The summed E-state index contributed by atoms with van der Waals surface area (Å²) in [4.78, 5) is 0. The van der Waals surface area contributed by atoms with E-state index in [1.54, 1.807) is 0 Å². The van der Waals surface area contributed by atoms with E-state index in [0.717, 1.165) is 12.8 Å². The van der Waals surface area contributed by atoms with Crippen molar-refractivity contribution < 1.29 is 14.0 Å². The van der Waals surface area contributed by atoms with E-state index in [1.165, 1.54) is 20.7 Å². The quantitative estimate of drug-likeness (QED) is 0.244. The third-order valence-corrected chi connectivity index (χ3v) is 14.2. The molecule has 44 heavy (non-hydrogen) atoms. The molecule has 232 valence electrons. The molecule has 5 rings (SSSR count). The molecule has 0 heterocycles. The Bertz CT molecular complexity index is 1340. The highest BCUT2D eigenvalue weighted by molar-refractivity contribution is 6.80. The molecule has 1 N–H and O–H groups in total. The molecule has 0 amide bonds. The summed E-state index contributed by atoms with van der Waals surface area (Å²) in [5.74, 6) is 0.126. The van der Waals surface area contributed by atoms with Crippen molar-refractivity contribution >= 4 is 38.8 Å². The largest absolute Gasteiger partial charge is 0.407 e. The van der Waals surface area contributed by atoms with Gasteiger partial charge in [-0.2, -0.15) is 0 Å². The van der Waals surface area contributed by atoms with Crippen molar-refractivity contribution in [2.24, 2.45) is 22.7 Å². The molecule has 3 nitrogen and oxygen atoms in total. The van der Waals surface area contributed by atoms with Gasteiger partial charge in [-0.1, -0.05) is 163 Å². The van der Waals surface area contributed by atoms with Gasteiger partial charge in [0, 0.05) is 5.92 Å². The van der Waals surface area contributed by atoms with Gasteiger partial charge in [-0.25, -0.2) is 0 Å². The van der Waals surface area contributed by atoms with Crippen molar-refractivity contribution in [3.05, 3.63) is 121 Å². The number of benzene rings is 4. The van der Waals surface area contributed by atoms with Gasteiger partial charge in [0.2, 0.25) is 18.1 Å². The van der Waals surface area contributed by atoms with Crippen molar-refractivity contribution in [3.8, 4) is 0 Å². The van der Waals surface area contributed by atoms with Crippen molar-refractivity contribution in [3.63, 3.8) is 0 Å². The second-order valence-corrected chi connectivity index (χ2v) is 19.4. The van der Waals surface area contributed by atoms with Crippen LogP contribution in [0, 0.1) is 22.7 Å². The zero-order chi connectivity index (χ0) is 31.3. The normalized spacial score (nSPS) is 20.6. The lowest BCUT2D eigenvalue weighted by atomic mass is 9.70. The summed E-state index contributed by atoms with van der Waals surface area (Å²) in [5.41, 5.74) is -0.304. The zero-order valence-corrected chi connectivity index (χ0v) is 29.6. The number of rotatable bonds is 10. The van der Waals surface area contributed by atoms with Crippen LogP contribution >= 0.6 is 0 Å². The second kappa shape index (κ2) is 14.1. The molecular weight excluding hydrogens is 573 g/mol. The zero-order valence-electron chi connectivity index (χ0n) is 27.3. The summed E-state index contributed by atoms with van der Waals surface area (Å²) in [6, 6.07) is 43.0. The highest BCUT2D eigenvalue weighted by Gasteiger charge is 2.51. The Hall–Kier alpha value is -2.81. The summed E-state index contributed by atoms with van der Waals surface area (Å²) in [6.45, 7) is 13.7. The minimum atomic E-state index is -2.06. The fraction of sp³-hybridized carbons (Fsp3) is 0.385. The van der Waals surface area contributed by atoms with Gasteiger partial charge in [-0.05, 0) is 50.3 Å². The van der Waals surface area contributed by atoms with Crippen LogP contribution < -0.4 is 20.7 Å². The molecule has 0 bridgehead atoms. The minimum absolute atomic E-state index is 0.0382. The van der Waals surface area contributed by atoms with Gasteiger partial charge in [0.05, 0.1) is 18.3 Å². The Kier molecular flexibility index (Phi) is 10.4. The molecule has 5 heteroatoms. The molecule has 1 fully saturated rings. The Labute approximate surface area is 268 Å². The highest BCUT2D eigenvalue weighted by atomic mass is 28.3. The average Bonchev–Trinajstić information content (AvgIpc) is 3.38. The number of hydrogen-bond acceptors (Lipinski definition) is 3. The van der Waals surface area contributed by atoms with E-state index in [1.807, 2.05) is 0 Å². The molecule has 0 saturated heterocycles. The molecule has 5 atom stereocenters. The Morgan fingerprint density at radius 1 is 0.523 bits per heavy atom. The molecular formula is C39H50O3Si2. The lowest BCUT2D eigenvalue weighted by molar-refractivity contribution is -0.0689. The van der Waals surface area contributed by atoms with E-state index in [4.69, 9.17) is 8.85 Å². The van der Waals surface area contributed by atoms with Crippen LogP contribution in [0.1, 0.15) is 54.4 Å². The maximum atomic E-state index is 11.8. The van der Waals surface area contributed by atoms with Gasteiger partial charge in [-0.15, -0.1) is 0 Å². The SMILES string of the molecule is CC(C)(C)C(O[SiH](c1ccccc1)c1ccccc1)[C@H]1[C@@H](C(O[SiH](c2ccccc2)c2ccccc2)C(C)(C)C)CC[C@@H]1O. The second-order valence-electron chi connectivity index (χ2n) is 14.6. The standard InChI is InChI=1S/C39H50O3Si2/c1-38(2,3)36(41-43(29-19-11-7-12-20-29)30-21-13-8-14-22-30)33-27-28-34(40)35(33)37(39(4,5)6)42-44(31-23-15-9-16-24-31)32-25-17-10-18-26-32/h7-26,33-37,40,43-44H,27-28H2,1-6H3/t33-,34-,35-,36?,37?/m0/s1. The monoisotopic (exact) mass is 622 g/mol. The van der Waals surface area contributed by atoms with Gasteiger partial charge < -0.3 is 14.0 Å². The summed E-state index contributed by atoms with van der Waals surface area (Å²) >= 11 is 0. The molecule has 0 spiro atoms. The third kappa shape index (κ3) is 7.70. The molecule has 1 saturated carbocycles. The first kappa shape index (κ1) is 32.6. The van der Waals surface area contributed by atoms with E-state index in [-0.39, 0.29) is 34.9 Å². The Morgan fingerprint density at radius 3 is 1.16 bits per heavy atom. The van der Waals surface area contributed by atoms with Gasteiger partial charge >= 0.3 is 0 Å². The topological polar surface area (TPSA) is 38.7 Å². The van der Waals surface area contributed by atoms with Crippen LogP contribution in [0.4, 0.5) is 0 Å². The fourth-order valence-electron chi connectivity index (χ4n) is 7.14. The van der Waals surface area contributed by atoms with Gasteiger partial charge in [0.1, 0.15) is 0 Å². The third-order valence-electron chi connectivity index (χ3n) is 9.15. The van der Waals surface area contributed by atoms with Crippen molar-refractivity contribution in [1.29, 1.82) is 0 Å². The molecule has 4 aromatic rings. The first-order valence-electron chi connectivity index (χ1n) is 16.2. The predicted molar refractivity (Wildman–Crippen MR) is 189 cm³/mol. The number of aliphatic hydroxyl groups is 1. The van der Waals surface area contributed by atoms with Crippen molar-refractivity contribution in [2.75, 3.05) is 0 Å². The molecule has 0 aromatic heterocycles. The summed E-state index contributed by atoms with van der Waals surface area (Å²) in [5, 5.41) is 16.9. The molecule has 4 aromatic carbocycles. The van der Waals surface area contributed by atoms with E-state index in [9.17, 15) is 5.11 Å². The van der Waals surface area contributed by atoms with Crippen LogP contribution in [0.15, 0.2) is 121 Å². The first-order valence-corrected chi connectivity index (χ1v) is 19.5. The van der Waals surface area contributed by atoms with Crippen LogP contribution in [0.3, 0.4) is 0 Å². The van der Waals surface area contributed by atoms with Crippen LogP contribution in [-0.4, -0.2) is 41.5 Å². The van der Waals surface area contributed by atoms with Crippen molar-refractivity contribution in [1.82, 2.24) is 0 Å². The van der Waals surface area contributed by atoms with Gasteiger partial charge in [0.25, 0.3) is 0 Å². The maximum Gasteiger partial charge on any atom is 0.240 e. The van der Waals surface area contributed by atoms with E-state index < -0.39 is 24.2 Å². The Morgan fingerprint density at radius 2 is 0.841 bits per heavy atom. The lowest BCUT2D eigenvalue weighted by Gasteiger charge is -2.46. The maximum absolute atomic E-state index is 11.8. The molecule has 1 aliphatic rings. The first-order chi connectivity index (χ1) is 21.0. The van der Waals surface area contributed by atoms with Crippen LogP contribution in [0.2, 0.25) is 0 Å². The van der Waals surface area contributed by atoms with E-state index in [0.29, 0.717) is 0 Å². The van der Waals surface area contributed by atoms with Crippen molar-refractivity contribution in [2.45, 2.75) is 72.7 Å². The minimum Gasteiger partial charge on any atom is -0.407 e. The van der Waals surface area contributed by atoms with Gasteiger partial charge in [-0.3, -0.25) is 0 Å². The highest BCUT2D eigenvalue weighted by Crippen LogP contribution is 2.47. The van der Waals surface area contributed by atoms with Crippen LogP contribution in [0.5, 0.6) is 0 Å². The fourth-order valence-corrected chi connectivity index (χ4v) is 12.6. The summed E-state index contributed by atoms with van der Waals surface area (Å²) < 4.78 is 14.9. The molecule has 1 aliphatic carbocycles. The smallest absolute Gasteiger partial charge is 0.240 e. The average molecular weight is 623 g/mol. The van der Waals surface area contributed by atoms with E-state index >= 15 is 0 Å². The van der Waals surface area contributed by atoms with Gasteiger partial charge in [0.15, 0.2) is 0 Å². The lowest BCUT2D eigenvalue weighted by Crippen LogP contribution is -2.57. The van der Waals surface area contributed by atoms with E-state index in [2.05, 4.69) is 163 Å². The predicted octanol–water partition coefficient (Wildman–Crippen LogP) is 5.31. The van der Waals surface area contributed by atoms with Crippen LogP contribution in [-0.2, 0) is 8.85 Å². The number of aliphatic hydroxyl groups excluding tert-OH is 1. The Balaban J connectivity index is 1.54. The number of hydrogen-bond donors (Lipinski definition) is 1. The van der Waals surface area contributed by atoms with Crippen LogP contribution in [0.25, 0.3) is 0 Å². The molecule has 0 aliphatic heterocycles. The molecule has 0 radical (unpaired) electrons. The summed E-state index contributed by atoms with van der Waals surface area (Å²) in [7, 11) is -4.09. The summed E-state index contributed by atoms with van der Waals surface area (Å²) in [6.07, 6.45) is 1.09. The molecule has 2 unspecified atom stereocenters.